The number of hydrazine groups is 1. The van der Waals surface area contributed by atoms with Crippen LogP contribution in [0.15, 0.2) is 47.4 Å². The third-order valence-corrected chi connectivity index (χ3v) is 7.15. The van der Waals surface area contributed by atoms with E-state index in [1.165, 1.54) is 62.1 Å². The zero-order valence-corrected chi connectivity index (χ0v) is 20.0. The van der Waals surface area contributed by atoms with Crippen LogP contribution in [0, 0.1) is 0 Å². The zero-order valence-electron chi connectivity index (χ0n) is 19.2. The van der Waals surface area contributed by atoms with Crippen molar-refractivity contribution in [2.45, 2.75) is 17.7 Å². The maximum atomic E-state index is 12.6. The molecule has 0 aromatic heterocycles. The molecule has 0 unspecified atom stereocenters. The first-order valence-electron chi connectivity index (χ1n) is 10.5. The molecule has 2 amide bonds. The van der Waals surface area contributed by atoms with Gasteiger partial charge in [-0.2, -0.15) is 4.31 Å². The molecule has 1 fully saturated rings. The first-order valence-corrected chi connectivity index (χ1v) is 11.9. The van der Waals surface area contributed by atoms with Crippen LogP contribution in [0.3, 0.4) is 0 Å². The molecule has 0 atom stereocenters. The van der Waals surface area contributed by atoms with E-state index in [1.807, 2.05) is 0 Å². The summed E-state index contributed by atoms with van der Waals surface area (Å²) < 4.78 is 42.4. The number of hydrogen-bond donors (Lipinski definition) is 2. The molecule has 1 heterocycles. The number of benzene rings is 2. The van der Waals surface area contributed by atoms with Crippen molar-refractivity contribution in [1.82, 2.24) is 15.2 Å². The second-order valence-corrected chi connectivity index (χ2v) is 9.31. The number of nitrogens with one attached hydrogen (secondary N) is 2. The van der Waals surface area contributed by atoms with Crippen LogP contribution < -0.4 is 25.1 Å². The summed E-state index contributed by atoms with van der Waals surface area (Å²) in [6.45, 7) is 1.00. The fourth-order valence-corrected chi connectivity index (χ4v) is 4.97. The number of carbonyl (C=O) groups excluding carboxylic acids is 2. The first kappa shape index (κ1) is 25.1. The first-order chi connectivity index (χ1) is 16.3. The maximum absolute atomic E-state index is 12.6. The van der Waals surface area contributed by atoms with Gasteiger partial charge in [-0.05, 0) is 60.9 Å². The Bertz CT molecular complexity index is 1150. The number of nitrogens with zero attached hydrogens (tertiary/aromatic N) is 1. The topological polar surface area (TPSA) is 123 Å². The molecule has 11 heteroatoms. The van der Waals surface area contributed by atoms with Crippen molar-refractivity contribution in [3.63, 3.8) is 0 Å². The molecule has 2 N–H and O–H groups in total. The molecule has 1 aliphatic heterocycles. The SMILES string of the molecule is COc1cc(/C=C/C(=O)NNC(=O)c2ccc(S(=O)(=O)N3CCCC3)cc2)cc(OC)c1OC. The molecule has 34 heavy (non-hydrogen) atoms. The van der Waals surface area contributed by atoms with Crippen LogP contribution >= 0.6 is 0 Å². The van der Waals surface area contributed by atoms with Gasteiger partial charge >= 0.3 is 0 Å². The van der Waals surface area contributed by atoms with Gasteiger partial charge in [0.1, 0.15) is 0 Å². The summed E-state index contributed by atoms with van der Waals surface area (Å²) in [5.74, 6) is 0.143. The van der Waals surface area contributed by atoms with Crippen LogP contribution in [0.1, 0.15) is 28.8 Å². The van der Waals surface area contributed by atoms with Gasteiger partial charge in [0.05, 0.1) is 26.2 Å². The normalized spacial score (nSPS) is 14.1. The summed E-state index contributed by atoms with van der Waals surface area (Å²) in [4.78, 5) is 24.6. The summed E-state index contributed by atoms with van der Waals surface area (Å²) in [6, 6.07) is 8.90. The number of methoxy groups -OCH3 is 3. The number of rotatable bonds is 8. The smallest absolute Gasteiger partial charge is 0.269 e. The monoisotopic (exact) mass is 489 g/mol. The van der Waals surface area contributed by atoms with Crippen LogP contribution in [0.2, 0.25) is 0 Å². The number of ether oxygens (including phenoxy) is 3. The average Bonchev–Trinajstić information content (AvgIpc) is 3.41. The summed E-state index contributed by atoms with van der Waals surface area (Å²) >= 11 is 0. The molecule has 0 aliphatic carbocycles. The Morgan fingerprint density at radius 1 is 0.912 bits per heavy atom. The predicted molar refractivity (Wildman–Crippen MR) is 125 cm³/mol. The van der Waals surface area contributed by atoms with Crippen LogP contribution in [-0.2, 0) is 14.8 Å². The minimum Gasteiger partial charge on any atom is -0.493 e. The van der Waals surface area contributed by atoms with Gasteiger partial charge in [-0.3, -0.25) is 20.4 Å². The summed E-state index contributed by atoms with van der Waals surface area (Å²) in [5, 5.41) is 0. The van der Waals surface area contributed by atoms with Crippen molar-refractivity contribution in [2.24, 2.45) is 0 Å². The quantitative estimate of drug-likeness (QED) is 0.429. The molecule has 10 nitrogen and oxygen atoms in total. The molecule has 0 spiro atoms. The number of hydrogen-bond acceptors (Lipinski definition) is 7. The number of carbonyl (C=O) groups is 2. The lowest BCUT2D eigenvalue weighted by Crippen LogP contribution is -2.40. The van der Waals surface area contributed by atoms with Gasteiger partial charge in [-0.1, -0.05) is 0 Å². The third-order valence-electron chi connectivity index (χ3n) is 5.23. The highest BCUT2D eigenvalue weighted by atomic mass is 32.2. The molecule has 2 aromatic rings. The number of amides is 2. The van der Waals surface area contributed by atoms with Gasteiger partial charge in [0.25, 0.3) is 11.8 Å². The summed E-state index contributed by atoms with van der Waals surface area (Å²) in [7, 11) is 0.909. The molecular weight excluding hydrogens is 462 g/mol. The Labute approximate surface area is 198 Å². The van der Waals surface area contributed by atoms with Crippen LogP contribution in [0.25, 0.3) is 6.08 Å². The Morgan fingerprint density at radius 2 is 1.50 bits per heavy atom. The van der Waals surface area contributed by atoms with E-state index in [0.29, 0.717) is 35.9 Å². The molecule has 0 bridgehead atoms. The van der Waals surface area contributed by atoms with Crippen LogP contribution in [0.4, 0.5) is 0 Å². The largest absolute Gasteiger partial charge is 0.493 e. The molecule has 1 saturated heterocycles. The number of sulfonamides is 1. The van der Waals surface area contributed by atoms with Gasteiger partial charge in [0.15, 0.2) is 11.5 Å². The van der Waals surface area contributed by atoms with E-state index < -0.39 is 21.8 Å². The lowest BCUT2D eigenvalue weighted by molar-refractivity contribution is -0.117. The van der Waals surface area contributed by atoms with Crippen molar-refractivity contribution in [2.75, 3.05) is 34.4 Å². The second kappa shape index (κ2) is 11.0. The highest BCUT2D eigenvalue weighted by Crippen LogP contribution is 2.38. The van der Waals surface area contributed by atoms with Crippen molar-refractivity contribution < 1.29 is 32.2 Å². The summed E-state index contributed by atoms with van der Waals surface area (Å²) in [5.41, 5.74) is 5.39. The Balaban J connectivity index is 1.60. The molecule has 182 valence electrons. The Hall–Kier alpha value is -3.57. The van der Waals surface area contributed by atoms with E-state index in [2.05, 4.69) is 10.9 Å². The zero-order chi connectivity index (χ0) is 24.7. The van der Waals surface area contributed by atoms with Crippen LogP contribution in [0.5, 0.6) is 17.2 Å². The minimum absolute atomic E-state index is 0.128. The van der Waals surface area contributed by atoms with E-state index in [9.17, 15) is 18.0 Å². The molecule has 2 aromatic carbocycles. The van der Waals surface area contributed by atoms with E-state index in [1.54, 1.807) is 12.1 Å². The lowest BCUT2D eigenvalue weighted by atomic mass is 10.1. The van der Waals surface area contributed by atoms with Crippen molar-refractivity contribution in [1.29, 1.82) is 0 Å². The van der Waals surface area contributed by atoms with Crippen molar-refractivity contribution in [3.05, 3.63) is 53.6 Å². The Morgan fingerprint density at radius 3 is 2.03 bits per heavy atom. The van der Waals surface area contributed by atoms with Crippen molar-refractivity contribution in [3.8, 4) is 17.2 Å². The lowest BCUT2D eigenvalue weighted by Gasteiger charge is -2.15. The fourth-order valence-electron chi connectivity index (χ4n) is 3.46. The highest BCUT2D eigenvalue weighted by Gasteiger charge is 2.27. The molecule has 3 rings (SSSR count). The molecular formula is C23H27N3O7S. The van der Waals surface area contributed by atoms with Crippen molar-refractivity contribution >= 4 is 27.9 Å². The molecule has 0 saturated carbocycles. The summed E-state index contributed by atoms with van der Waals surface area (Å²) in [6.07, 6.45) is 4.43. The Kier molecular flexibility index (Phi) is 8.13. The van der Waals surface area contributed by atoms with Gasteiger partial charge in [0.2, 0.25) is 15.8 Å². The minimum atomic E-state index is -3.56. The van der Waals surface area contributed by atoms with Crippen LogP contribution in [-0.4, -0.2) is 59.0 Å². The standard InChI is InChI=1S/C23H27N3O7S/c1-31-19-14-16(15-20(32-2)22(19)33-3)6-11-21(27)24-25-23(28)17-7-9-18(10-8-17)34(29,30)26-12-4-5-13-26/h6-11,14-15H,4-5,12-13H2,1-3H3,(H,24,27)(H,25,28)/b11-6+. The van der Waals surface area contributed by atoms with Gasteiger partial charge in [0, 0.05) is 24.7 Å². The van der Waals surface area contributed by atoms with E-state index >= 15 is 0 Å². The van der Waals surface area contributed by atoms with Gasteiger partial charge in [-0.25, -0.2) is 8.42 Å². The molecule has 0 radical (unpaired) electrons. The maximum Gasteiger partial charge on any atom is 0.269 e. The average molecular weight is 490 g/mol. The highest BCUT2D eigenvalue weighted by molar-refractivity contribution is 7.89. The van der Waals surface area contributed by atoms with Gasteiger partial charge < -0.3 is 14.2 Å². The van der Waals surface area contributed by atoms with E-state index in [-0.39, 0.29) is 10.5 Å². The van der Waals surface area contributed by atoms with E-state index in [4.69, 9.17) is 14.2 Å². The predicted octanol–water partition coefficient (Wildman–Crippen LogP) is 1.97. The second-order valence-electron chi connectivity index (χ2n) is 7.37. The fraction of sp³-hybridized carbons (Fsp3) is 0.304. The van der Waals surface area contributed by atoms with Gasteiger partial charge in [-0.15, -0.1) is 0 Å². The molecule has 1 aliphatic rings. The third kappa shape index (κ3) is 5.67. The van der Waals surface area contributed by atoms with E-state index in [0.717, 1.165) is 12.8 Å².